The first-order valence-electron chi connectivity index (χ1n) is 10.3. The Morgan fingerprint density at radius 2 is 1.59 bits per heavy atom. The van der Waals surface area contributed by atoms with Gasteiger partial charge >= 0.3 is 0 Å². The molecule has 0 bridgehead atoms. The van der Waals surface area contributed by atoms with E-state index in [0.29, 0.717) is 6.42 Å². The first kappa shape index (κ1) is 19.8. The van der Waals surface area contributed by atoms with Crippen molar-refractivity contribution in [3.8, 4) is 22.3 Å². The molecule has 1 N–H and O–H groups in total. The molecular formula is C26H28FNO. The maximum absolute atomic E-state index is 13.7. The Kier molecular flexibility index (Phi) is 5.04. The summed E-state index contributed by atoms with van der Waals surface area (Å²) < 4.78 is 13.7. The molecule has 0 radical (unpaired) electrons. The number of aliphatic hydroxyl groups excluding tert-OH is 1. The molecule has 0 amide bonds. The molecule has 0 aliphatic heterocycles. The summed E-state index contributed by atoms with van der Waals surface area (Å²) in [6, 6.07) is 16.8. The Bertz CT molecular complexity index is 1020. The number of aromatic nitrogens is 1. The molecule has 2 nitrogen and oxygen atoms in total. The van der Waals surface area contributed by atoms with Crippen LogP contribution in [0.1, 0.15) is 63.1 Å². The number of halogens is 1. The molecule has 29 heavy (non-hydrogen) atoms. The van der Waals surface area contributed by atoms with E-state index in [9.17, 15) is 9.50 Å². The van der Waals surface area contributed by atoms with Crippen molar-refractivity contribution >= 4 is 0 Å². The van der Waals surface area contributed by atoms with Crippen LogP contribution < -0.4 is 0 Å². The second kappa shape index (κ2) is 7.38. The van der Waals surface area contributed by atoms with Crippen LogP contribution in [0, 0.1) is 11.2 Å². The van der Waals surface area contributed by atoms with E-state index in [1.54, 1.807) is 0 Å². The van der Waals surface area contributed by atoms with Crippen LogP contribution in [0.25, 0.3) is 22.3 Å². The lowest BCUT2D eigenvalue weighted by atomic mass is 9.71. The molecule has 1 heterocycles. The Morgan fingerprint density at radius 1 is 0.966 bits per heavy atom. The molecule has 1 aliphatic rings. The largest absolute Gasteiger partial charge is 0.388 e. The Balaban J connectivity index is 2.11. The van der Waals surface area contributed by atoms with Crippen LogP contribution in [-0.2, 0) is 6.42 Å². The van der Waals surface area contributed by atoms with E-state index < -0.39 is 6.10 Å². The van der Waals surface area contributed by atoms with Gasteiger partial charge in [0.15, 0.2) is 0 Å². The summed E-state index contributed by atoms with van der Waals surface area (Å²) in [6.45, 7) is 8.66. The average molecular weight is 390 g/mol. The van der Waals surface area contributed by atoms with Gasteiger partial charge in [0.05, 0.1) is 11.8 Å². The van der Waals surface area contributed by atoms with Crippen molar-refractivity contribution in [2.45, 2.75) is 52.6 Å². The molecule has 0 spiro atoms. The van der Waals surface area contributed by atoms with E-state index in [1.807, 2.05) is 30.3 Å². The molecule has 3 aromatic rings. The van der Waals surface area contributed by atoms with Crippen LogP contribution in [0.3, 0.4) is 0 Å². The maximum atomic E-state index is 13.7. The van der Waals surface area contributed by atoms with Crippen molar-refractivity contribution < 1.29 is 9.50 Å². The molecular weight excluding hydrogens is 361 g/mol. The van der Waals surface area contributed by atoms with Crippen LogP contribution in [0.15, 0.2) is 54.6 Å². The third-order valence-corrected chi connectivity index (χ3v) is 5.81. The molecule has 3 heteroatoms. The topological polar surface area (TPSA) is 33.1 Å². The highest BCUT2D eigenvalue weighted by Gasteiger charge is 2.36. The van der Waals surface area contributed by atoms with Gasteiger partial charge in [-0.2, -0.15) is 0 Å². The lowest BCUT2D eigenvalue weighted by Crippen LogP contribution is -2.28. The Morgan fingerprint density at radius 3 is 2.21 bits per heavy atom. The summed E-state index contributed by atoms with van der Waals surface area (Å²) >= 11 is 0. The van der Waals surface area contributed by atoms with E-state index in [0.717, 1.165) is 45.6 Å². The summed E-state index contributed by atoms with van der Waals surface area (Å²) in [5, 5.41) is 11.2. The van der Waals surface area contributed by atoms with Crippen molar-refractivity contribution in [2.24, 2.45) is 5.41 Å². The molecule has 150 valence electrons. The van der Waals surface area contributed by atoms with Gasteiger partial charge in [0.25, 0.3) is 0 Å². The number of aliphatic hydroxyl groups is 1. The predicted molar refractivity (Wildman–Crippen MR) is 116 cm³/mol. The van der Waals surface area contributed by atoms with Crippen LogP contribution >= 0.6 is 0 Å². The number of nitrogens with zero attached hydrogens (tertiary/aromatic N) is 1. The lowest BCUT2D eigenvalue weighted by Gasteiger charge is -2.37. The molecule has 0 saturated heterocycles. The third-order valence-electron chi connectivity index (χ3n) is 5.81. The van der Waals surface area contributed by atoms with Gasteiger partial charge in [0.2, 0.25) is 0 Å². The van der Waals surface area contributed by atoms with Crippen LogP contribution in [0.5, 0.6) is 0 Å². The first-order chi connectivity index (χ1) is 13.8. The summed E-state index contributed by atoms with van der Waals surface area (Å²) in [7, 11) is 0. The molecule has 0 fully saturated rings. The molecule has 1 aromatic heterocycles. The summed E-state index contributed by atoms with van der Waals surface area (Å²) in [6.07, 6.45) is 0.915. The van der Waals surface area contributed by atoms with Gasteiger partial charge in [-0.25, -0.2) is 4.39 Å². The Hall–Kier alpha value is -2.52. The number of rotatable bonds is 3. The van der Waals surface area contributed by atoms with Crippen molar-refractivity contribution in [1.82, 2.24) is 4.98 Å². The van der Waals surface area contributed by atoms with E-state index >= 15 is 0 Å². The van der Waals surface area contributed by atoms with Gasteiger partial charge in [0.1, 0.15) is 5.82 Å². The van der Waals surface area contributed by atoms with Gasteiger partial charge in [-0.15, -0.1) is 0 Å². The predicted octanol–water partition coefficient (Wildman–Crippen LogP) is 6.68. The zero-order valence-corrected chi connectivity index (χ0v) is 17.5. The molecule has 1 unspecified atom stereocenters. The fraction of sp³-hybridized carbons (Fsp3) is 0.346. The maximum Gasteiger partial charge on any atom is 0.123 e. The number of pyridine rings is 1. The SMILES string of the molecule is CC(C)c1nc2c(c(-c3ccc(F)cc3)c1-c1ccccc1)C(O)CC(C)(C)C2. The summed E-state index contributed by atoms with van der Waals surface area (Å²) in [4.78, 5) is 5.10. The Labute approximate surface area is 172 Å². The zero-order chi connectivity index (χ0) is 20.8. The lowest BCUT2D eigenvalue weighted by molar-refractivity contribution is 0.0986. The van der Waals surface area contributed by atoms with Crippen LogP contribution in [-0.4, -0.2) is 10.1 Å². The number of fused-ring (bicyclic) bond motifs is 1. The van der Waals surface area contributed by atoms with Crippen molar-refractivity contribution in [3.63, 3.8) is 0 Å². The van der Waals surface area contributed by atoms with Gasteiger partial charge in [-0.3, -0.25) is 4.98 Å². The average Bonchev–Trinajstić information content (AvgIpc) is 2.67. The molecule has 0 saturated carbocycles. The minimum atomic E-state index is -0.593. The third kappa shape index (κ3) is 3.72. The number of hydrogen-bond donors (Lipinski definition) is 1. The van der Waals surface area contributed by atoms with Gasteiger partial charge < -0.3 is 5.11 Å². The van der Waals surface area contributed by atoms with E-state index in [1.165, 1.54) is 12.1 Å². The van der Waals surface area contributed by atoms with Crippen molar-refractivity contribution in [2.75, 3.05) is 0 Å². The smallest absolute Gasteiger partial charge is 0.123 e. The number of benzene rings is 2. The molecule has 4 rings (SSSR count). The normalized spacial score (nSPS) is 18.0. The fourth-order valence-corrected chi connectivity index (χ4v) is 4.54. The summed E-state index contributed by atoms with van der Waals surface area (Å²) in [5.41, 5.74) is 6.92. The monoisotopic (exact) mass is 389 g/mol. The zero-order valence-electron chi connectivity index (χ0n) is 17.5. The van der Waals surface area contributed by atoms with Gasteiger partial charge in [0, 0.05) is 16.8 Å². The van der Waals surface area contributed by atoms with E-state index in [-0.39, 0.29) is 17.2 Å². The minimum absolute atomic E-state index is 0.0119. The fourth-order valence-electron chi connectivity index (χ4n) is 4.54. The second-order valence-corrected chi connectivity index (χ2v) is 9.20. The van der Waals surface area contributed by atoms with Crippen LogP contribution in [0.4, 0.5) is 4.39 Å². The standard InChI is InChI=1S/C26H28FNO/c1-16(2)25-23(17-8-6-5-7-9-17)22(18-10-12-19(27)13-11-18)24-20(28-25)14-26(3,4)15-21(24)29/h5-13,16,21,29H,14-15H2,1-4H3. The van der Waals surface area contributed by atoms with E-state index in [2.05, 4.69) is 39.8 Å². The molecule has 1 atom stereocenters. The van der Waals surface area contributed by atoms with Crippen molar-refractivity contribution in [3.05, 3.63) is 77.4 Å². The van der Waals surface area contributed by atoms with Crippen LogP contribution in [0.2, 0.25) is 0 Å². The quantitative estimate of drug-likeness (QED) is 0.542. The van der Waals surface area contributed by atoms with Gasteiger partial charge in [-0.1, -0.05) is 70.2 Å². The van der Waals surface area contributed by atoms with Crippen molar-refractivity contribution in [1.29, 1.82) is 0 Å². The highest BCUT2D eigenvalue weighted by atomic mass is 19.1. The molecule has 1 aliphatic carbocycles. The second-order valence-electron chi connectivity index (χ2n) is 9.20. The van der Waals surface area contributed by atoms with E-state index in [4.69, 9.17) is 4.98 Å². The minimum Gasteiger partial charge on any atom is -0.388 e. The highest BCUT2D eigenvalue weighted by Crippen LogP contribution is 2.48. The number of hydrogen-bond acceptors (Lipinski definition) is 2. The molecule has 2 aromatic carbocycles. The summed E-state index contributed by atoms with van der Waals surface area (Å²) in [5.74, 6) is -0.0411. The highest BCUT2D eigenvalue weighted by molar-refractivity contribution is 5.88. The van der Waals surface area contributed by atoms with Gasteiger partial charge in [-0.05, 0) is 53.0 Å². The first-order valence-corrected chi connectivity index (χ1v) is 10.3.